The third-order valence-electron chi connectivity index (χ3n) is 3.15. The Morgan fingerprint density at radius 2 is 1.95 bits per heavy atom. The summed E-state index contributed by atoms with van der Waals surface area (Å²) < 4.78 is 6.64. The van der Waals surface area contributed by atoms with Gasteiger partial charge in [-0.25, -0.2) is 4.79 Å². The van der Waals surface area contributed by atoms with E-state index in [9.17, 15) is 9.59 Å². The van der Waals surface area contributed by atoms with Crippen LogP contribution in [0.2, 0.25) is 0 Å². The Kier molecular flexibility index (Phi) is 3.42. The van der Waals surface area contributed by atoms with Crippen molar-refractivity contribution in [2.45, 2.75) is 27.7 Å². The lowest BCUT2D eigenvalue weighted by atomic mass is 10.1. The molecule has 0 aliphatic carbocycles. The highest BCUT2D eigenvalue weighted by molar-refractivity contribution is 6.09. The van der Waals surface area contributed by atoms with Crippen molar-refractivity contribution in [1.29, 1.82) is 0 Å². The second-order valence-corrected chi connectivity index (χ2v) is 4.56. The van der Waals surface area contributed by atoms with E-state index in [-0.39, 0.29) is 11.9 Å². The molecular formula is C15H17NO3. The smallest absolute Gasteiger partial charge is 0.340 e. The summed E-state index contributed by atoms with van der Waals surface area (Å²) in [7, 11) is 0. The summed E-state index contributed by atoms with van der Waals surface area (Å²) in [5, 5.41) is 0.770. The molecule has 1 aromatic carbocycles. The molecule has 0 unspecified atom stereocenters. The van der Waals surface area contributed by atoms with Crippen LogP contribution < -0.4 is 0 Å². The van der Waals surface area contributed by atoms with Crippen LogP contribution in [0.15, 0.2) is 18.2 Å². The van der Waals surface area contributed by atoms with Crippen LogP contribution in [0.25, 0.3) is 10.9 Å². The minimum atomic E-state index is -0.379. The van der Waals surface area contributed by atoms with Crippen molar-refractivity contribution >= 4 is 22.8 Å². The van der Waals surface area contributed by atoms with Crippen molar-refractivity contribution in [1.82, 2.24) is 4.57 Å². The Balaban J connectivity index is 2.81. The Morgan fingerprint density at radius 3 is 2.53 bits per heavy atom. The molecule has 0 fully saturated rings. The highest BCUT2D eigenvalue weighted by Gasteiger charge is 2.22. The quantitative estimate of drug-likeness (QED) is 0.779. The van der Waals surface area contributed by atoms with E-state index in [1.54, 1.807) is 18.4 Å². The van der Waals surface area contributed by atoms with Gasteiger partial charge in [-0.3, -0.25) is 9.36 Å². The zero-order valence-electron chi connectivity index (χ0n) is 11.6. The lowest BCUT2D eigenvalue weighted by Gasteiger charge is -2.03. The Labute approximate surface area is 112 Å². The monoisotopic (exact) mass is 259 g/mol. The summed E-state index contributed by atoms with van der Waals surface area (Å²) in [4.78, 5) is 23.8. The lowest BCUT2D eigenvalue weighted by molar-refractivity contribution is 0.0528. The van der Waals surface area contributed by atoms with Gasteiger partial charge in [0.2, 0.25) is 5.91 Å². The molecule has 0 bridgehead atoms. The highest BCUT2D eigenvalue weighted by Crippen LogP contribution is 2.27. The average molecular weight is 259 g/mol. The first-order valence-corrected chi connectivity index (χ1v) is 6.27. The van der Waals surface area contributed by atoms with E-state index in [4.69, 9.17) is 4.74 Å². The number of aryl methyl sites for hydroxylation is 1. The van der Waals surface area contributed by atoms with Gasteiger partial charge < -0.3 is 4.74 Å². The summed E-state index contributed by atoms with van der Waals surface area (Å²) in [5.74, 6) is -0.488. The van der Waals surface area contributed by atoms with E-state index in [0.717, 1.165) is 16.5 Å². The minimum absolute atomic E-state index is 0.109. The number of ether oxygens (including phenoxy) is 1. The fourth-order valence-electron chi connectivity index (χ4n) is 2.40. The van der Waals surface area contributed by atoms with Crippen molar-refractivity contribution in [2.24, 2.45) is 0 Å². The van der Waals surface area contributed by atoms with Gasteiger partial charge in [0.05, 0.1) is 17.7 Å². The zero-order chi connectivity index (χ0) is 14.2. The SMILES string of the molecule is CCOC(=O)c1c(C)n(C(C)=O)c2ccc(C)cc12. The van der Waals surface area contributed by atoms with Gasteiger partial charge in [-0.1, -0.05) is 11.6 Å². The van der Waals surface area contributed by atoms with Gasteiger partial charge in [-0.2, -0.15) is 0 Å². The molecule has 0 saturated carbocycles. The average Bonchev–Trinajstić information content (AvgIpc) is 2.60. The molecular weight excluding hydrogens is 242 g/mol. The van der Waals surface area contributed by atoms with Crippen LogP contribution >= 0.6 is 0 Å². The van der Waals surface area contributed by atoms with Crippen molar-refractivity contribution in [3.05, 3.63) is 35.0 Å². The van der Waals surface area contributed by atoms with Gasteiger partial charge in [-0.15, -0.1) is 0 Å². The molecule has 4 heteroatoms. The van der Waals surface area contributed by atoms with Crippen LogP contribution in [0, 0.1) is 13.8 Å². The predicted molar refractivity (Wildman–Crippen MR) is 73.7 cm³/mol. The molecule has 0 atom stereocenters. The number of aromatic nitrogens is 1. The number of benzene rings is 1. The summed E-state index contributed by atoms with van der Waals surface area (Å²) in [6.45, 7) is 7.29. The fraction of sp³-hybridized carbons (Fsp3) is 0.333. The van der Waals surface area contributed by atoms with Crippen molar-refractivity contribution in [3.8, 4) is 0 Å². The number of hydrogen-bond donors (Lipinski definition) is 0. The predicted octanol–water partition coefficient (Wildman–Crippen LogP) is 3.09. The molecule has 0 aliphatic heterocycles. The first kappa shape index (κ1) is 13.3. The number of fused-ring (bicyclic) bond motifs is 1. The molecule has 2 aromatic rings. The van der Waals surface area contributed by atoms with Gasteiger partial charge >= 0.3 is 5.97 Å². The third-order valence-corrected chi connectivity index (χ3v) is 3.15. The molecule has 4 nitrogen and oxygen atoms in total. The van der Waals surface area contributed by atoms with Crippen LogP contribution in [0.5, 0.6) is 0 Å². The molecule has 0 saturated heterocycles. The van der Waals surface area contributed by atoms with Crippen LogP contribution in [-0.4, -0.2) is 23.1 Å². The third kappa shape index (κ3) is 2.14. The maximum Gasteiger partial charge on any atom is 0.340 e. The Hall–Kier alpha value is -2.10. The molecule has 0 N–H and O–H groups in total. The van der Waals surface area contributed by atoms with Crippen LogP contribution in [0.4, 0.5) is 0 Å². The first-order chi connectivity index (χ1) is 8.97. The second-order valence-electron chi connectivity index (χ2n) is 4.56. The molecule has 1 aromatic heterocycles. The second kappa shape index (κ2) is 4.88. The molecule has 0 spiro atoms. The number of nitrogens with zero attached hydrogens (tertiary/aromatic N) is 1. The first-order valence-electron chi connectivity index (χ1n) is 6.27. The normalized spacial score (nSPS) is 10.7. The lowest BCUT2D eigenvalue weighted by Crippen LogP contribution is -2.10. The molecule has 1 heterocycles. The summed E-state index contributed by atoms with van der Waals surface area (Å²) >= 11 is 0. The molecule has 0 radical (unpaired) electrons. The molecule has 19 heavy (non-hydrogen) atoms. The molecule has 0 aliphatic rings. The van der Waals surface area contributed by atoms with Gasteiger partial charge in [0.25, 0.3) is 0 Å². The van der Waals surface area contributed by atoms with Gasteiger partial charge in [0.1, 0.15) is 0 Å². The van der Waals surface area contributed by atoms with E-state index in [1.807, 2.05) is 25.1 Å². The standard InChI is InChI=1S/C15H17NO3/c1-5-19-15(18)14-10(3)16(11(4)17)13-7-6-9(2)8-12(13)14/h6-8H,5H2,1-4H3. The Bertz CT molecular complexity index is 668. The molecule has 100 valence electrons. The van der Waals surface area contributed by atoms with Crippen LogP contribution in [-0.2, 0) is 4.74 Å². The van der Waals surface area contributed by atoms with Gasteiger partial charge in [-0.05, 0) is 32.9 Å². The topological polar surface area (TPSA) is 48.3 Å². The van der Waals surface area contributed by atoms with E-state index in [1.165, 1.54) is 6.92 Å². The van der Waals surface area contributed by atoms with Crippen molar-refractivity contribution in [2.75, 3.05) is 6.61 Å². The summed E-state index contributed by atoms with van der Waals surface area (Å²) in [5.41, 5.74) is 2.90. The maximum atomic E-state index is 12.1. The van der Waals surface area contributed by atoms with E-state index in [2.05, 4.69) is 0 Å². The van der Waals surface area contributed by atoms with Crippen molar-refractivity contribution in [3.63, 3.8) is 0 Å². The van der Waals surface area contributed by atoms with Crippen LogP contribution in [0.1, 0.15) is 40.3 Å². The minimum Gasteiger partial charge on any atom is -0.462 e. The maximum absolute atomic E-state index is 12.1. The van der Waals surface area contributed by atoms with E-state index >= 15 is 0 Å². The van der Waals surface area contributed by atoms with E-state index in [0.29, 0.717) is 17.9 Å². The van der Waals surface area contributed by atoms with Crippen molar-refractivity contribution < 1.29 is 14.3 Å². The molecule has 0 amide bonds. The van der Waals surface area contributed by atoms with Gasteiger partial charge in [0.15, 0.2) is 0 Å². The summed E-state index contributed by atoms with van der Waals surface area (Å²) in [6.07, 6.45) is 0. The number of rotatable bonds is 2. The number of carbonyl (C=O) groups is 2. The number of hydrogen-bond acceptors (Lipinski definition) is 3. The Morgan fingerprint density at radius 1 is 1.26 bits per heavy atom. The van der Waals surface area contributed by atoms with Crippen LogP contribution in [0.3, 0.4) is 0 Å². The zero-order valence-corrected chi connectivity index (χ0v) is 11.6. The molecule has 2 rings (SSSR count). The highest BCUT2D eigenvalue weighted by atomic mass is 16.5. The number of esters is 1. The largest absolute Gasteiger partial charge is 0.462 e. The van der Waals surface area contributed by atoms with E-state index < -0.39 is 0 Å². The summed E-state index contributed by atoms with van der Waals surface area (Å²) in [6, 6.07) is 5.70. The van der Waals surface area contributed by atoms with Gasteiger partial charge in [0, 0.05) is 18.0 Å². The number of carbonyl (C=O) groups excluding carboxylic acids is 2. The fourth-order valence-corrected chi connectivity index (χ4v) is 2.40.